The first-order valence-electron chi connectivity index (χ1n) is 9.10. The molecule has 7 heteroatoms. The van der Waals surface area contributed by atoms with Gasteiger partial charge in [-0.3, -0.25) is 4.79 Å². The molecule has 1 aromatic heterocycles. The number of amides is 1. The molecule has 0 fully saturated rings. The van der Waals surface area contributed by atoms with Gasteiger partial charge < -0.3 is 9.88 Å². The molecule has 0 saturated carbocycles. The molecule has 0 radical (unpaired) electrons. The Bertz CT molecular complexity index is 927. The number of rotatable bonds is 7. The average Bonchev–Trinajstić information content (AvgIpc) is 3.07. The minimum Gasteiger partial charge on any atom is -0.355 e. The van der Waals surface area contributed by atoms with Gasteiger partial charge in [0.05, 0.1) is 5.25 Å². The number of nitrogens with zero attached hydrogens (tertiary/aromatic N) is 3. The summed E-state index contributed by atoms with van der Waals surface area (Å²) in [7, 11) is 1.90. The lowest BCUT2D eigenvalue weighted by Gasteiger charge is -2.15. The van der Waals surface area contributed by atoms with E-state index in [1.165, 1.54) is 17.3 Å². The molecule has 2 atom stereocenters. The Morgan fingerprint density at radius 3 is 2.46 bits per heavy atom. The Hall–Kier alpha value is -2.31. The summed E-state index contributed by atoms with van der Waals surface area (Å²) in [6.07, 6.45) is 0. The first-order valence-corrected chi connectivity index (χ1v) is 10.4. The van der Waals surface area contributed by atoms with Crippen LogP contribution in [0.2, 0.25) is 5.02 Å². The number of benzene rings is 2. The standard InChI is InChI=1S/C21H23ClN4OS/c1-14(16-7-5-4-6-8-16)13-23-20(27)15(2)28-21-25-24-19(26(21)3)17-9-11-18(22)12-10-17/h4-12,14-15H,13H2,1-3H3,(H,23,27). The fourth-order valence-corrected chi connectivity index (χ4v) is 3.74. The maximum atomic E-state index is 12.5. The van der Waals surface area contributed by atoms with Gasteiger partial charge in [0.25, 0.3) is 0 Å². The van der Waals surface area contributed by atoms with Crippen LogP contribution in [0.15, 0.2) is 59.8 Å². The van der Waals surface area contributed by atoms with E-state index < -0.39 is 0 Å². The van der Waals surface area contributed by atoms with Gasteiger partial charge in [0.15, 0.2) is 11.0 Å². The molecule has 1 amide bonds. The lowest BCUT2D eigenvalue weighted by Crippen LogP contribution is -2.33. The fraction of sp³-hybridized carbons (Fsp3) is 0.286. The second-order valence-electron chi connectivity index (χ2n) is 6.69. The van der Waals surface area contributed by atoms with Crippen molar-refractivity contribution < 1.29 is 4.79 Å². The van der Waals surface area contributed by atoms with Crippen molar-refractivity contribution in [3.05, 3.63) is 65.2 Å². The maximum absolute atomic E-state index is 12.5. The highest BCUT2D eigenvalue weighted by Crippen LogP contribution is 2.26. The third-order valence-electron chi connectivity index (χ3n) is 4.54. The van der Waals surface area contributed by atoms with E-state index in [1.807, 2.05) is 61.0 Å². The predicted molar refractivity (Wildman–Crippen MR) is 115 cm³/mol. The van der Waals surface area contributed by atoms with Gasteiger partial charge in [-0.05, 0) is 42.7 Å². The number of thioether (sulfide) groups is 1. The first kappa shape index (κ1) is 20.4. The molecule has 0 aliphatic heterocycles. The van der Waals surface area contributed by atoms with Crippen LogP contribution in [0.3, 0.4) is 0 Å². The van der Waals surface area contributed by atoms with Crippen LogP contribution >= 0.6 is 23.4 Å². The van der Waals surface area contributed by atoms with Crippen LogP contribution in [-0.4, -0.2) is 32.5 Å². The number of carbonyl (C=O) groups excluding carboxylic acids is 1. The zero-order valence-corrected chi connectivity index (χ0v) is 17.7. The quantitative estimate of drug-likeness (QED) is 0.577. The summed E-state index contributed by atoms with van der Waals surface area (Å²) in [5.74, 6) is 0.988. The van der Waals surface area contributed by atoms with Crippen LogP contribution in [0.5, 0.6) is 0 Å². The van der Waals surface area contributed by atoms with Crippen molar-refractivity contribution in [1.82, 2.24) is 20.1 Å². The Morgan fingerprint density at radius 1 is 1.11 bits per heavy atom. The molecule has 28 heavy (non-hydrogen) atoms. The van der Waals surface area contributed by atoms with E-state index >= 15 is 0 Å². The van der Waals surface area contributed by atoms with Gasteiger partial charge in [-0.15, -0.1) is 10.2 Å². The molecule has 2 aromatic carbocycles. The summed E-state index contributed by atoms with van der Waals surface area (Å²) in [6.45, 7) is 4.58. The minimum atomic E-state index is -0.274. The Morgan fingerprint density at radius 2 is 1.79 bits per heavy atom. The Labute approximate surface area is 174 Å². The van der Waals surface area contributed by atoms with E-state index in [2.05, 4.69) is 34.6 Å². The van der Waals surface area contributed by atoms with Crippen molar-refractivity contribution >= 4 is 29.3 Å². The number of halogens is 1. The lowest BCUT2D eigenvalue weighted by atomic mass is 10.0. The van der Waals surface area contributed by atoms with Gasteiger partial charge in [0.1, 0.15) is 0 Å². The van der Waals surface area contributed by atoms with Crippen molar-refractivity contribution in [1.29, 1.82) is 0 Å². The molecule has 5 nitrogen and oxygen atoms in total. The van der Waals surface area contributed by atoms with Crippen LogP contribution in [0.25, 0.3) is 11.4 Å². The number of nitrogens with one attached hydrogen (secondary N) is 1. The molecule has 3 rings (SSSR count). The summed E-state index contributed by atoms with van der Waals surface area (Å²) in [5.41, 5.74) is 2.14. The van der Waals surface area contributed by atoms with Crippen LogP contribution in [0.4, 0.5) is 0 Å². The number of hydrogen-bond acceptors (Lipinski definition) is 4. The zero-order chi connectivity index (χ0) is 20.1. The fourth-order valence-electron chi connectivity index (χ4n) is 2.78. The van der Waals surface area contributed by atoms with Gasteiger partial charge in [-0.2, -0.15) is 0 Å². The van der Waals surface area contributed by atoms with Gasteiger partial charge in [0.2, 0.25) is 5.91 Å². The molecule has 0 aliphatic rings. The van der Waals surface area contributed by atoms with Crippen molar-refractivity contribution in [2.75, 3.05) is 6.54 Å². The van der Waals surface area contributed by atoms with Gasteiger partial charge in [0, 0.05) is 24.2 Å². The minimum absolute atomic E-state index is 0.0103. The Kier molecular flexibility index (Phi) is 6.75. The van der Waals surface area contributed by atoms with Gasteiger partial charge in [-0.25, -0.2) is 0 Å². The van der Waals surface area contributed by atoms with E-state index in [0.717, 1.165) is 11.4 Å². The maximum Gasteiger partial charge on any atom is 0.233 e. The summed E-state index contributed by atoms with van der Waals surface area (Å²) in [4.78, 5) is 12.5. The largest absolute Gasteiger partial charge is 0.355 e. The Balaban J connectivity index is 1.59. The molecular formula is C21H23ClN4OS. The third-order valence-corrected chi connectivity index (χ3v) is 5.93. The van der Waals surface area contributed by atoms with E-state index in [0.29, 0.717) is 16.7 Å². The molecular weight excluding hydrogens is 392 g/mol. The van der Waals surface area contributed by atoms with E-state index in [9.17, 15) is 4.79 Å². The van der Waals surface area contributed by atoms with Crippen LogP contribution < -0.4 is 5.32 Å². The van der Waals surface area contributed by atoms with Crippen molar-refractivity contribution in [2.24, 2.45) is 7.05 Å². The highest BCUT2D eigenvalue weighted by Gasteiger charge is 2.20. The molecule has 3 aromatic rings. The van der Waals surface area contributed by atoms with Crippen molar-refractivity contribution in [3.8, 4) is 11.4 Å². The predicted octanol–water partition coefficient (Wildman–Crippen LogP) is 4.54. The summed E-state index contributed by atoms with van der Waals surface area (Å²) in [6, 6.07) is 17.6. The van der Waals surface area contributed by atoms with Crippen molar-refractivity contribution in [2.45, 2.75) is 30.2 Å². The number of aromatic nitrogens is 3. The summed E-state index contributed by atoms with van der Waals surface area (Å²) < 4.78 is 1.89. The van der Waals surface area contributed by atoms with Crippen molar-refractivity contribution in [3.63, 3.8) is 0 Å². The highest BCUT2D eigenvalue weighted by molar-refractivity contribution is 8.00. The SMILES string of the molecule is CC(Sc1nnc(-c2ccc(Cl)cc2)n1C)C(=O)NCC(C)c1ccccc1. The second kappa shape index (κ2) is 9.26. The molecule has 1 N–H and O–H groups in total. The van der Waals surface area contributed by atoms with Gasteiger partial charge >= 0.3 is 0 Å². The van der Waals surface area contributed by atoms with E-state index in [4.69, 9.17) is 11.6 Å². The number of hydrogen-bond donors (Lipinski definition) is 1. The average molecular weight is 415 g/mol. The molecule has 0 spiro atoms. The van der Waals surface area contributed by atoms with Crippen LogP contribution in [-0.2, 0) is 11.8 Å². The summed E-state index contributed by atoms with van der Waals surface area (Å²) >= 11 is 7.34. The third kappa shape index (κ3) is 4.94. The second-order valence-corrected chi connectivity index (χ2v) is 8.43. The van der Waals surface area contributed by atoms with Crippen LogP contribution in [0, 0.1) is 0 Å². The van der Waals surface area contributed by atoms with E-state index in [1.54, 1.807) is 0 Å². The molecule has 146 valence electrons. The summed E-state index contributed by atoms with van der Waals surface area (Å²) in [5, 5.41) is 12.6. The monoisotopic (exact) mass is 414 g/mol. The molecule has 1 heterocycles. The smallest absolute Gasteiger partial charge is 0.233 e. The molecule has 0 bridgehead atoms. The molecule has 0 saturated heterocycles. The zero-order valence-electron chi connectivity index (χ0n) is 16.1. The molecule has 0 aliphatic carbocycles. The molecule has 2 unspecified atom stereocenters. The highest BCUT2D eigenvalue weighted by atomic mass is 35.5. The van der Waals surface area contributed by atoms with Gasteiger partial charge in [-0.1, -0.05) is 60.6 Å². The normalized spacial score (nSPS) is 13.1. The first-order chi connectivity index (χ1) is 13.5. The lowest BCUT2D eigenvalue weighted by molar-refractivity contribution is -0.120. The van der Waals surface area contributed by atoms with E-state index in [-0.39, 0.29) is 17.1 Å². The number of carbonyl (C=O) groups is 1. The topological polar surface area (TPSA) is 59.8 Å². The van der Waals surface area contributed by atoms with Crippen LogP contribution in [0.1, 0.15) is 25.3 Å².